The van der Waals surface area contributed by atoms with E-state index < -0.39 is 5.60 Å². The Labute approximate surface area is 163 Å². The summed E-state index contributed by atoms with van der Waals surface area (Å²) < 4.78 is 17.2. The molecule has 2 aliphatic heterocycles. The Morgan fingerprint density at radius 1 is 1.22 bits per heavy atom. The van der Waals surface area contributed by atoms with Gasteiger partial charge in [0.05, 0.1) is 32.6 Å². The number of methoxy groups -OCH3 is 1. The molecule has 1 amide bonds. The van der Waals surface area contributed by atoms with Crippen LogP contribution in [0.1, 0.15) is 5.56 Å². The van der Waals surface area contributed by atoms with Crippen molar-refractivity contribution in [2.45, 2.75) is 12.1 Å². The van der Waals surface area contributed by atoms with Gasteiger partial charge in [-0.3, -0.25) is 9.69 Å². The van der Waals surface area contributed by atoms with E-state index in [2.05, 4.69) is 17.0 Å². The van der Waals surface area contributed by atoms with Gasteiger partial charge in [0.1, 0.15) is 18.0 Å². The van der Waals surface area contributed by atoms with Gasteiger partial charge >= 0.3 is 0 Å². The maximum absolute atomic E-state index is 12.4. The molecule has 1 aromatic heterocycles. The van der Waals surface area contributed by atoms with Crippen molar-refractivity contribution >= 4 is 22.9 Å². The van der Waals surface area contributed by atoms with E-state index in [-0.39, 0.29) is 12.5 Å². The maximum atomic E-state index is 12.4. The van der Waals surface area contributed by atoms with Crippen LogP contribution in [-0.4, -0.2) is 63.0 Å². The summed E-state index contributed by atoms with van der Waals surface area (Å²) in [7, 11) is 1.67. The Morgan fingerprint density at radius 3 is 2.81 bits per heavy atom. The van der Waals surface area contributed by atoms with E-state index in [4.69, 9.17) is 14.2 Å². The van der Waals surface area contributed by atoms with Crippen LogP contribution in [-0.2, 0) is 20.8 Å². The van der Waals surface area contributed by atoms with Crippen molar-refractivity contribution in [2.24, 2.45) is 0 Å². The van der Waals surface area contributed by atoms with Gasteiger partial charge in [-0.2, -0.15) is 11.3 Å². The number of thiophene rings is 1. The Bertz CT molecular complexity index is 765. The molecule has 2 saturated heterocycles. The topological polar surface area (TPSA) is 51.2 Å². The van der Waals surface area contributed by atoms with Gasteiger partial charge in [-0.1, -0.05) is 12.1 Å². The second-order valence-corrected chi connectivity index (χ2v) is 7.82. The second kappa shape index (κ2) is 7.98. The zero-order valence-electron chi connectivity index (χ0n) is 15.4. The first kappa shape index (κ1) is 18.4. The number of hydrogen-bond donors (Lipinski definition) is 0. The van der Waals surface area contributed by atoms with E-state index in [0.717, 1.165) is 31.1 Å². The van der Waals surface area contributed by atoms with Crippen molar-refractivity contribution in [3.63, 3.8) is 0 Å². The average molecular weight is 388 g/mol. The Morgan fingerprint density at radius 2 is 2.07 bits per heavy atom. The van der Waals surface area contributed by atoms with Gasteiger partial charge in [0.15, 0.2) is 0 Å². The number of carbonyl (C=O) groups excluding carboxylic acids is 1. The number of nitrogens with zero attached hydrogens (tertiary/aromatic N) is 2. The Balaban J connectivity index is 1.49. The molecular weight excluding hydrogens is 364 g/mol. The number of anilines is 1. The fraction of sp³-hybridized carbons (Fsp3) is 0.450. The highest BCUT2D eigenvalue weighted by molar-refractivity contribution is 7.08. The van der Waals surface area contributed by atoms with Crippen molar-refractivity contribution in [3.05, 3.63) is 46.7 Å². The lowest BCUT2D eigenvalue weighted by Crippen LogP contribution is -2.60. The maximum Gasteiger partial charge on any atom is 0.253 e. The van der Waals surface area contributed by atoms with Gasteiger partial charge in [-0.25, -0.2) is 0 Å². The minimum absolute atomic E-state index is 0.00461. The summed E-state index contributed by atoms with van der Waals surface area (Å²) >= 11 is 1.59. The molecule has 1 spiro atoms. The number of rotatable bonds is 4. The first-order valence-electron chi connectivity index (χ1n) is 9.07. The largest absolute Gasteiger partial charge is 0.497 e. The summed E-state index contributed by atoms with van der Waals surface area (Å²) in [5.41, 5.74) is 1.66. The number of morpholine rings is 1. The van der Waals surface area contributed by atoms with Gasteiger partial charge in [0, 0.05) is 25.0 Å². The molecule has 3 heterocycles. The molecule has 2 aliphatic rings. The third-order valence-corrected chi connectivity index (χ3v) is 5.73. The van der Waals surface area contributed by atoms with E-state index >= 15 is 0 Å². The normalized spacial score (nSPS) is 24.2. The van der Waals surface area contributed by atoms with Crippen molar-refractivity contribution in [1.29, 1.82) is 0 Å². The van der Waals surface area contributed by atoms with Gasteiger partial charge in [0.2, 0.25) is 0 Å². The number of ether oxygens (including phenoxy) is 3. The first-order chi connectivity index (χ1) is 13.2. The lowest BCUT2D eigenvalue weighted by molar-refractivity contribution is -0.146. The van der Waals surface area contributed by atoms with E-state index in [0.29, 0.717) is 19.8 Å². The van der Waals surface area contributed by atoms with Crippen molar-refractivity contribution in [2.75, 3.05) is 51.5 Å². The summed E-state index contributed by atoms with van der Waals surface area (Å²) in [5, 5.41) is 3.99. The molecular formula is C20H24N2O4S. The van der Waals surface area contributed by atoms with Gasteiger partial charge in [0.25, 0.3) is 5.91 Å². The monoisotopic (exact) mass is 388 g/mol. The molecule has 2 aromatic rings. The van der Waals surface area contributed by atoms with Crippen LogP contribution >= 0.6 is 11.3 Å². The molecule has 1 aromatic carbocycles. The van der Waals surface area contributed by atoms with Crippen LogP contribution in [0.25, 0.3) is 0 Å². The lowest BCUT2D eigenvalue weighted by Gasteiger charge is -2.42. The van der Waals surface area contributed by atoms with E-state index in [1.807, 2.05) is 33.9 Å². The van der Waals surface area contributed by atoms with Gasteiger partial charge in [-0.15, -0.1) is 0 Å². The quantitative estimate of drug-likeness (QED) is 0.805. The van der Waals surface area contributed by atoms with Gasteiger partial charge in [-0.05, 0) is 29.1 Å². The molecule has 6 nitrogen and oxygen atoms in total. The molecule has 4 rings (SSSR count). The van der Waals surface area contributed by atoms with E-state index in [1.54, 1.807) is 18.4 Å². The van der Waals surface area contributed by atoms with Crippen LogP contribution in [0.15, 0.2) is 41.1 Å². The molecule has 0 bridgehead atoms. The highest BCUT2D eigenvalue weighted by Gasteiger charge is 2.43. The zero-order chi connectivity index (χ0) is 18.7. The summed E-state index contributed by atoms with van der Waals surface area (Å²) in [6.07, 6.45) is 0. The van der Waals surface area contributed by atoms with Crippen molar-refractivity contribution < 1.29 is 19.0 Å². The zero-order valence-corrected chi connectivity index (χ0v) is 16.2. The van der Waals surface area contributed by atoms with Crippen molar-refractivity contribution in [1.82, 2.24) is 4.90 Å². The second-order valence-electron chi connectivity index (χ2n) is 7.04. The highest BCUT2D eigenvalue weighted by Crippen LogP contribution is 2.29. The predicted molar refractivity (Wildman–Crippen MR) is 104 cm³/mol. The van der Waals surface area contributed by atoms with Crippen LogP contribution in [0, 0.1) is 0 Å². The van der Waals surface area contributed by atoms with Crippen molar-refractivity contribution in [3.8, 4) is 5.75 Å². The predicted octanol–water partition coefficient (Wildman–Crippen LogP) is 2.39. The van der Waals surface area contributed by atoms with E-state index in [9.17, 15) is 4.79 Å². The molecule has 144 valence electrons. The number of amides is 1. The molecule has 7 heteroatoms. The Hall–Kier alpha value is -1.93. The minimum atomic E-state index is -0.501. The molecule has 0 unspecified atom stereocenters. The minimum Gasteiger partial charge on any atom is -0.497 e. The van der Waals surface area contributed by atoms with Crippen LogP contribution in [0.5, 0.6) is 5.75 Å². The summed E-state index contributed by atoms with van der Waals surface area (Å²) in [4.78, 5) is 16.6. The third-order valence-electron chi connectivity index (χ3n) is 5.06. The SMILES string of the molecule is COc1ccc(CN2CCOC[C@@]3(C2)CN(c2ccsc2)C(=O)CO3)cc1. The van der Waals surface area contributed by atoms with E-state index in [1.165, 1.54) is 5.56 Å². The molecule has 0 aliphatic carbocycles. The Kier molecular flexibility index (Phi) is 5.45. The standard InChI is InChI=1S/C20H24N2O4S/c1-24-18-4-2-16(3-5-18)10-21-7-8-25-15-20(13-21)14-22(19(23)11-26-20)17-6-9-27-12-17/h2-6,9,12H,7-8,10-11,13-15H2,1H3/t20-/m1/s1. The van der Waals surface area contributed by atoms with Crippen LogP contribution in [0.4, 0.5) is 5.69 Å². The average Bonchev–Trinajstić information content (AvgIpc) is 3.15. The van der Waals surface area contributed by atoms with Crippen LogP contribution in [0.3, 0.4) is 0 Å². The number of benzene rings is 1. The third kappa shape index (κ3) is 4.16. The molecule has 0 radical (unpaired) electrons. The number of hydrogen-bond acceptors (Lipinski definition) is 6. The summed E-state index contributed by atoms with van der Waals surface area (Å²) in [5.74, 6) is 0.861. The molecule has 27 heavy (non-hydrogen) atoms. The fourth-order valence-electron chi connectivity index (χ4n) is 3.65. The molecule has 2 fully saturated rings. The molecule has 0 N–H and O–H groups in total. The first-order valence-corrected chi connectivity index (χ1v) is 10.0. The smallest absolute Gasteiger partial charge is 0.253 e. The fourth-order valence-corrected chi connectivity index (χ4v) is 4.29. The summed E-state index contributed by atoms with van der Waals surface area (Å²) in [6, 6.07) is 10.1. The number of carbonyl (C=O) groups is 1. The summed E-state index contributed by atoms with van der Waals surface area (Å²) in [6.45, 7) is 4.15. The molecule has 1 atom stereocenters. The van der Waals surface area contributed by atoms with Crippen LogP contribution in [0.2, 0.25) is 0 Å². The molecule has 0 saturated carbocycles. The highest BCUT2D eigenvalue weighted by atomic mass is 32.1. The van der Waals surface area contributed by atoms with Gasteiger partial charge < -0.3 is 19.1 Å². The lowest BCUT2D eigenvalue weighted by atomic mass is 10.0. The van der Waals surface area contributed by atoms with Crippen LogP contribution < -0.4 is 9.64 Å².